The third-order valence-electron chi connectivity index (χ3n) is 4.15. The normalized spacial score (nSPS) is 12.5. The molecule has 1 atom stereocenters. The minimum Gasteiger partial charge on any atom is -0.350 e. The number of benzene rings is 2. The Bertz CT molecular complexity index is 932. The van der Waals surface area contributed by atoms with Gasteiger partial charge in [-0.15, -0.1) is 0 Å². The monoisotopic (exact) mass is 428 g/mol. The van der Waals surface area contributed by atoms with Crippen molar-refractivity contribution < 1.29 is 13.2 Å². The van der Waals surface area contributed by atoms with Crippen molar-refractivity contribution in [3.05, 3.63) is 63.6 Å². The van der Waals surface area contributed by atoms with E-state index in [1.54, 1.807) is 50.2 Å². The van der Waals surface area contributed by atoms with E-state index in [2.05, 4.69) is 5.32 Å². The van der Waals surface area contributed by atoms with Crippen LogP contribution in [0.2, 0.25) is 10.0 Å². The van der Waals surface area contributed by atoms with Gasteiger partial charge < -0.3 is 5.32 Å². The molecule has 0 heterocycles. The van der Waals surface area contributed by atoms with E-state index in [1.807, 2.05) is 6.07 Å². The minimum absolute atomic E-state index is 0.209. The Kier molecular flexibility index (Phi) is 7.14. The maximum absolute atomic E-state index is 12.8. The third-order valence-corrected chi connectivity index (χ3v) is 5.92. The number of amides is 1. The molecule has 1 amide bonds. The molecule has 2 aromatic rings. The van der Waals surface area contributed by atoms with Crippen LogP contribution in [-0.4, -0.2) is 26.6 Å². The maximum Gasteiger partial charge on any atom is 0.244 e. The van der Waals surface area contributed by atoms with Crippen LogP contribution in [0.3, 0.4) is 0 Å². The summed E-state index contributed by atoms with van der Waals surface area (Å²) < 4.78 is 26.2. The van der Waals surface area contributed by atoms with Crippen molar-refractivity contribution in [1.29, 1.82) is 0 Å². The summed E-state index contributed by atoms with van der Waals surface area (Å²) in [5, 5.41) is 3.72. The zero-order valence-corrected chi connectivity index (χ0v) is 17.7. The molecule has 0 aromatic heterocycles. The molecule has 0 spiro atoms. The SMILES string of the molecule is CC[C@H](C(=O)NCc1ccccc1Cl)N(c1cc(Cl)ccc1C)S(C)(=O)=O. The standard InChI is InChI=1S/C19H22Cl2N2O3S/c1-4-17(19(24)22-12-14-7-5-6-8-16(14)21)23(27(3,25)26)18-11-15(20)10-9-13(18)2/h5-11,17H,4,12H2,1-3H3,(H,22,24)/t17-/m1/s1. The van der Waals surface area contributed by atoms with Crippen LogP contribution in [0, 0.1) is 6.92 Å². The number of rotatable bonds is 7. The highest BCUT2D eigenvalue weighted by Gasteiger charge is 2.32. The number of halogens is 2. The molecular formula is C19H22Cl2N2O3S. The van der Waals surface area contributed by atoms with E-state index in [9.17, 15) is 13.2 Å². The van der Waals surface area contributed by atoms with Gasteiger partial charge in [-0.05, 0) is 42.7 Å². The first-order valence-corrected chi connectivity index (χ1v) is 11.0. The number of anilines is 1. The molecule has 0 saturated heterocycles. The Morgan fingerprint density at radius 3 is 2.44 bits per heavy atom. The zero-order chi connectivity index (χ0) is 20.2. The molecule has 0 aliphatic carbocycles. The van der Waals surface area contributed by atoms with Gasteiger partial charge in [0.05, 0.1) is 11.9 Å². The second kappa shape index (κ2) is 8.95. The van der Waals surface area contributed by atoms with E-state index in [1.165, 1.54) is 0 Å². The molecule has 0 unspecified atom stereocenters. The zero-order valence-electron chi connectivity index (χ0n) is 15.4. The van der Waals surface area contributed by atoms with Crippen molar-refractivity contribution >= 4 is 44.8 Å². The van der Waals surface area contributed by atoms with E-state index in [0.717, 1.165) is 16.1 Å². The van der Waals surface area contributed by atoms with Crippen molar-refractivity contribution in [2.24, 2.45) is 0 Å². The van der Waals surface area contributed by atoms with Crippen molar-refractivity contribution in [1.82, 2.24) is 5.32 Å². The first kappa shape index (κ1) is 21.5. The highest BCUT2D eigenvalue weighted by Crippen LogP contribution is 2.29. The largest absolute Gasteiger partial charge is 0.350 e. The number of hydrogen-bond acceptors (Lipinski definition) is 3. The van der Waals surface area contributed by atoms with Crippen LogP contribution < -0.4 is 9.62 Å². The van der Waals surface area contributed by atoms with Crippen LogP contribution >= 0.6 is 23.2 Å². The van der Waals surface area contributed by atoms with Crippen molar-refractivity contribution in [2.75, 3.05) is 10.6 Å². The summed E-state index contributed by atoms with van der Waals surface area (Å²) in [5.74, 6) is -0.401. The molecule has 0 bridgehead atoms. The molecule has 146 valence electrons. The Balaban J connectivity index is 2.33. The second-order valence-electron chi connectivity index (χ2n) is 6.22. The van der Waals surface area contributed by atoms with Gasteiger partial charge in [0, 0.05) is 16.6 Å². The number of hydrogen-bond donors (Lipinski definition) is 1. The Labute approximate surface area is 170 Å². The molecule has 0 radical (unpaired) electrons. The smallest absolute Gasteiger partial charge is 0.244 e. The van der Waals surface area contributed by atoms with E-state index in [0.29, 0.717) is 27.7 Å². The Morgan fingerprint density at radius 2 is 1.85 bits per heavy atom. The molecule has 5 nitrogen and oxygen atoms in total. The van der Waals surface area contributed by atoms with Gasteiger partial charge in [0.15, 0.2) is 0 Å². The molecule has 8 heteroatoms. The molecular weight excluding hydrogens is 407 g/mol. The van der Waals surface area contributed by atoms with Crippen LogP contribution in [0.1, 0.15) is 24.5 Å². The van der Waals surface area contributed by atoms with E-state index in [-0.39, 0.29) is 6.54 Å². The van der Waals surface area contributed by atoms with E-state index >= 15 is 0 Å². The molecule has 0 saturated carbocycles. The summed E-state index contributed by atoms with van der Waals surface area (Å²) in [4.78, 5) is 12.8. The average molecular weight is 429 g/mol. The molecule has 0 aliphatic heterocycles. The predicted octanol–water partition coefficient (Wildman–Crippen LogP) is 4.16. The first-order valence-electron chi connectivity index (χ1n) is 8.41. The number of nitrogens with one attached hydrogen (secondary N) is 1. The van der Waals surface area contributed by atoms with Crippen LogP contribution in [0.5, 0.6) is 0 Å². The lowest BCUT2D eigenvalue weighted by Crippen LogP contribution is -2.49. The Morgan fingerprint density at radius 1 is 1.19 bits per heavy atom. The minimum atomic E-state index is -3.72. The molecule has 0 aliphatic rings. The fourth-order valence-electron chi connectivity index (χ4n) is 2.80. The lowest BCUT2D eigenvalue weighted by atomic mass is 10.1. The quantitative estimate of drug-likeness (QED) is 0.719. The number of nitrogens with zero attached hydrogens (tertiary/aromatic N) is 1. The highest BCUT2D eigenvalue weighted by molar-refractivity contribution is 7.92. The van der Waals surface area contributed by atoms with Crippen molar-refractivity contribution in [2.45, 2.75) is 32.9 Å². The molecule has 2 rings (SSSR count). The average Bonchev–Trinajstić information content (AvgIpc) is 2.60. The van der Waals surface area contributed by atoms with Gasteiger partial charge in [-0.25, -0.2) is 8.42 Å². The lowest BCUT2D eigenvalue weighted by molar-refractivity contribution is -0.122. The van der Waals surface area contributed by atoms with Crippen LogP contribution in [0.25, 0.3) is 0 Å². The summed E-state index contributed by atoms with van der Waals surface area (Å²) >= 11 is 12.2. The second-order valence-corrected chi connectivity index (χ2v) is 8.93. The van der Waals surface area contributed by atoms with Gasteiger partial charge in [0.1, 0.15) is 6.04 Å². The van der Waals surface area contributed by atoms with Crippen LogP contribution in [0.4, 0.5) is 5.69 Å². The fraction of sp³-hybridized carbons (Fsp3) is 0.316. The van der Waals surface area contributed by atoms with Crippen molar-refractivity contribution in [3.8, 4) is 0 Å². The van der Waals surface area contributed by atoms with Gasteiger partial charge >= 0.3 is 0 Å². The topological polar surface area (TPSA) is 66.5 Å². The number of sulfonamides is 1. The van der Waals surface area contributed by atoms with Crippen LogP contribution in [-0.2, 0) is 21.4 Å². The number of carbonyl (C=O) groups excluding carboxylic acids is 1. The molecule has 2 aromatic carbocycles. The fourth-order valence-corrected chi connectivity index (χ4v) is 4.43. The highest BCUT2D eigenvalue weighted by atomic mass is 35.5. The first-order chi connectivity index (χ1) is 12.6. The molecule has 27 heavy (non-hydrogen) atoms. The summed E-state index contributed by atoms with van der Waals surface area (Å²) in [6.45, 7) is 3.75. The summed E-state index contributed by atoms with van der Waals surface area (Å²) in [5.41, 5.74) is 1.86. The van der Waals surface area contributed by atoms with Crippen molar-refractivity contribution in [3.63, 3.8) is 0 Å². The number of aryl methyl sites for hydroxylation is 1. The van der Waals surface area contributed by atoms with E-state index in [4.69, 9.17) is 23.2 Å². The summed E-state index contributed by atoms with van der Waals surface area (Å²) in [6.07, 6.45) is 1.38. The summed E-state index contributed by atoms with van der Waals surface area (Å²) in [6, 6.07) is 11.2. The van der Waals surface area contributed by atoms with E-state index < -0.39 is 22.0 Å². The van der Waals surface area contributed by atoms with Crippen LogP contribution in [0.15, 0.2) is 42.5 Å². The molecule has 1 N–H and O–H groups in total. The predicted molar refractivity (Wildman–Crippen MR) is 111 cm³/mol. The summed E-state index contributed by atoms with van der Waals surface area (Å²) in [7, 11) is -3.72. The van der Waals surface area contributed by atoms with Gasteiger partial charge in [-0.1, -0.05) is 54.4 Å². The maximum atomic E-state index is 12.8. The van der Waals surface area contributed by atoms with Gasteiger partial charge in [0.25, 0.3) is 0 Å². The van der Waals surface area contributed by atoms with Gasteiger partial charge in [0.2, 0.25) is 15.9 Å². The lowest BCUT2D eigenvalue weighted by Gasteiger charge is -2.31. The molecule has 0 fully saturated rings. The van der Waals surface area contributed by atoms with Gasteiger partial charge in [-0.2, -0.15) is 0 Å². The Hall–Kier alpha value is -1.76. The third kappa shape index (κ3) is 5.37. The number of carbonyl (C=O) groups is 1. The van der Waals surface area contributed by atoms with Gasteiger partial charge in [-0.3, -0.25) is 9.10 Å².